The van der Waals surface area contributed by atoms with Gasteiger partial charge in [0.1, 0.15) is 0 Å². The van der Waals surface area contributed by atoms with Crippen molar-refractivity contribution in [3.05, 3.63) is 70.3 Å². The van der Waals surface area contributed by atoms with Crippen molar-refractivity contribution in [1.29, 1.82) is 0 Å². The van der Waals surface area contributed by atoms with Crippen molar-refractivity contribution in [1.82, 2.24) is 0 Å². The monoisotopic (exact) mass is 364 g/mol. The van der Waals surface area contributed by atoms with Crippen LogP contribution in [0.4, 0.5) is 0 Å². The summed E-state index contributed by atoms with van der Waals surface area (Å²) in [4.78, 5) is 0. The number of hydrogen-bond acceptors (Lipinski definition) is 0. The van der Waals surface area contributed by atoms with Gasteiger partial charge in [-0.1, -0.05) is 119 Å². The zero-order chi connectivity index (χ0) is 20.8. The molecule has 27 heavy (non-hydrogen) atoms. The van der Waals surface area contributed by atoms with E-state index in [1.165, 1.54) is 27.8 Å². The Labute approximate surface area is 168 Å². The van der Waals surface area contributed by atoms with Crippen LogP contribution in [0.25, 0.3) is 0 Å². The lowest BCUT2D eigenvalue weighted by molar-refractivity contribution is 0.522. The molecule has 0 saturated carbocycles. The van der Waals surface area contributed by atoms with Gasteiger partial charge in [-0.05, 0) is 44.1 Å². The summed E-state index contributed by atoms with van der Waals surface area (Å²) in [5.74, 6) is 0. The molecule has 2 aromatic carbocycles. The Morgan fingerprint density at radius 1 is 0.444 bits per heavy atom. The van der Waals surface area contributed by atoms with E-state index in [4.69, 9.17) is 0 Å². The van der Waals surface area contributed by atoms with E-state index in [0.29, 0.717) is 0 Å². The fourth-order valence-corrected chi connectivity index (χ4v) is 4.00. The van der Waals surface area contributed by atoms with Crippen LogP contribution in [0, 0.1) is 0 Å². The molecule has 0 radical (unpaired) electrons. The van der Waals surface area contributed by atoms with Gasteiger partial charge in [-0.2, -0.15) is 0 Å². The lowest BCUT2D eigenvalue weighted by Gasteiger charge is -2.37. The van der Waals surface area contributed by atoms with Crippen LogP contribution in [0.3, 0.4) is 0 Å². The molecule has 0 heterocycles. The van der Waals surface area contributed by atoms with E-state index < -0.39 is 0 Å². The second-order valence-corrected chi connectivity index (χ2v) is 11.7. The number of benzene rings is 2. The molecule has 0 nitrogen and oxygen atoms in total. The summed E-state index contributed by atoms with van der Waals surface area (Å²) >= 11 is 0. The van der Waals surface area contributed by atoms with Crippen LogP contribution in [-0.2, 0) is 21.7 Å². The smallest absolute Gasteiger partial charge is 0.0152 e. The van der Waals surface area contributed by atoms with Gasteiger partial charge in [0.15, 0.2) is 0 Å². The normalized spacial score (nSPS) is 13.7. The van der Waals surface area contributed by atoms with E-state index in [2.05, 4.69) is 119 Å². The Hall–Kier alpha value is -1.56. The van der Waals surface area contributed by atoms with E-state index in [-0.39, 0.29) is 21.7 Å². The predicted octanol–water partition coefficient (Wildman–Crippen LogP) is 7.91. The minimum Gasteiger partial charge on any atom is -0.0620 e. The molecule has 0 fully saturated rings. The second-order valence-electron chi connectivity index (χ2n) is 11.7. The largest absolute Gasteiger partial charge is 0.0620 e. The Morgan fingerprint density at radius 2 is 0.889 bits per heavy atom. The van der Waals surface area contributed by atoms with Crippen molar-refractivity contribution >= 4 is 0 Å². The summed E-state index contributed by atoms with van der Waals surface area (Å²) in [5.41, 5.74) is 7.53. The van der Waals surface area contributed by atoms with E-state index >= 15 is 0 Å². The highest BCUT2D eigenvalue weighted by molar-refractivity contribution is 5.50. The van der Waals surface area contributed by atoms with Crippen molar-refractivity contribution in [2.45, 2.75) is 97.8 Å². The maximum Gasteiger partial charge on any atom is 0.0152 e. The molecule has 0 spiro atoms. The molecule has 0 aromatic heterocycles. The molecule has 0 atom stereocenters. The first-order valence-corrected chi connectivity index (χ1v) is 10.3. The SMILES string of the molecule is CC(C)(C)c1ccc(C(C)(C)c2ccccc2C(C)(C)C)c(C(C)(C)C)c1. The predicted molar refractivity (Wildman–Crippen MR) is 121 cm³/mol. The number of hydrogen-bond donors (Lipinski definition) is 0. The Kier molecular flexibility index (Phi) is 5.47. The molecule has 0 N–H and O–H groups in total. The molecule has 2 aromatic rings. The van der Waals surface area contributed by atoms with Crippen LogP contribution in [0.2, 0.25) is 0 Å². The number of rotatable bonds is 2. The molecule has 0 aliphatic carbocycles. The molecule has 0 bridgehead atoms. The van der Waals surface area contributed by atoms with Crippen LogP contribution >= 0.6 is 0 Å². The maximum absolute atomic E-state index is 2.46. The fourth-order valence-electron chi connectivity index (χ4n) is 4.00. The summed E-state index contributed by atoms with van der Waals surface area (Å²) < 4.78 is 0. The zero-order valence-electron chi connectivity index (χ0n) is 19.5. The average molecular weight is 365 g/mol. The first kappa shape index (κ1) is 21.7. The van der Waals surface area contributed by atoms with Gasteiger partial charge in [-0.15, -0.1) is 0 Å². The first-order chi connectivity index (χ1) is 12.1. The lowest BCUT2D eigenvalue weighted by atomic mass is 9.66. The molecule has 0 heteroatoms. The Bertz CT molecular complexity index is 799. The maximum atomic E-state index is 2.46. The van der Waals surface area contributed by atoms with Crippen LogP contribution < -0.4 is 0 Å². The summed E-state index contributed by atoms with van der Waals surface area (Å²) in [6.07, 6.45) is 0. The molecule has 0 aliphatic heterocycles. The van der Waals surface area contributed by atoms with Gasteiger partial charge in [0.2, 0.25) is 0 Å². The van der Waals surface area contributed by atoms with Crippen molar-refractivity contribution in [3.8, 4) is 0 Å². The fraction of sp³-hybridized carbons (Fsp3) is 0.556. The van der Waals surface area contributed by atoms with E-state index in [1.807, 2.05) is 0 Å². The van der Waals surface area contributed by atoms with Crippen molar-refractivity contribution < 1.29 is 0 Å². The van der Waals surface area contributed by atoms with Gasteiger partial charge >= 0.3 is 0 Å². The van der Waals surface area contributed by atoms with Crippen molar-refractivity contribution in [2.75, 3.05) is 0 Å². The van der Waals surface area contributed by atoms with Gasteiger partial charge in [0, 0.05) is 5.41 Å². The summed E-state index contributed by atoms with van der Waals surface area (Å²) in [5, 5.41) is 0. The van der Waals surface area contributed by atoms with Gasteiger partial charge in [0.25, 0.3) is 0 Å². The van der Waals surface area contributed by atoms with Crippen molar-refractivity contribution in [3.63, 3.8) is 0 Å². The van der Waals surface area contributed by atoms with E-state index in [1.54, 1.807) is 0 Å². The minimum absolute atomic E-state index is 0.0527. The molecule has 2 rings (SSSR count). The molecular formula is C27H40. The van der Waals surface area contributed by atoms with Gasteiger partial charge in [0.05, 0.1) is 0 Å². The molecule has 0 unspecified atom stereocenters. The molecule has 148 valence electrons. The quantitative estimate of drug-likeness (QED) is 0.508. The average Bonchev–Trinajstić information content (AvgIpc) is 2.52. The zero-order valence-corrected chi connectivity index (χ0v) is 19.5. The first-order valence-electron chi connectivity index (χ1n) is 10.3. The summed E-state index contributed by atoms with van der Waals surface area (Å²) in [7, 11) is 0. The van der Waals surface area contributed by atoms with Gasteiger partial charge in [-0.3, -0.25) is 0 Å². The Balaban J connectivity index is 2.78. The topological polar surface area (TPSA) is 0 Å². The molecule has 0 amide bonds. The highest BCUT2D eigenvalue weighted by Gasteiger charge is 2.34. The highest BCUT2D eigenvalue weighted by atomic mass is 14.4. The minimum atomic E-state index is -0.0527. The molecule has 0 aliphatic rings. The van der Waals surface area contributed by atoms with Crippen LogP contribution in [0.5, 0.6) is 0 Å². The third kappa shape index (κ3) is 4.48. The standard InChI is InChI=1S/C27H40/c1-24(2,3)19-16-17-22(23(18-19)26(7,8)9)27(10,11)21-15-13-12-14-20(21)25(4,5)6/h12-18H,1-11H3. The van der Waals surface area contributed by atoms with Crippen LogP contribution in [0.15, 0.2) is 42.5 Å². The lowest BCUT2D eigenvalue weighted by Crippen LogP contribution is -2.29. The van der Waals surface area contributed by atoms with Gasteiger partial charge in [-0.25, -0.2) is 0 Å². The van der Waals surface area contributed by atoms with Gasteiger partial charge < -0.3 is 0 Å². The third-order valence-corrected chi connectivity index (χ3v) is 5.78. The van der Waals surface area contributed by atoms with E-state index in [0.717, 1.165) is 0 Å². The third-order valence-electron chi connectivity index (χ3n) is 5.78. The van der Waals surface area contributed by atoms with Crippen LogP contribution in [-0.4, -0.2) is 0 Å². The molecular weight excluding hydrogens is 324 g/mol. The summed E-state index contributed by atoms with van der Waals surface area (Å²) in [6.45, 7) is 25.6. The molecule has 0 saturated heterocycles. The highest BCUT2D eigenvalue weighted by Crippen LogP contribution is 2.43. The van der Waals surface area contributed by atoms with Crippen molar-refractivity contribution in [2.24, 2.45) is 0 Å². The van der Waals surface area contributed by atoms with E-state index in [9.17, 15) is 0 Å². The Morgan fingerprint density at radius 3 is 1.33 bits per heavy atom. The summed E-state index contributed by atoms with van der Waals surface area (Å²) in [6, 6.07) is 16.2. The van der Waals surface area contributed by atoms with Crippen LogP contribution in [0.1, 0.15) is 104 Å². The second kappa shape index (κ2) is 6.80.